The second kappa shape index (κ2) is 5.82. The Morgan fingerprint density at radius 2 is 2.35 bits per heavy atom. The molecule has 1 aromatic rings. The minimum atomic E-state index is -0.00890. The molecule has 0 atom stereocenters. The quantitative estimate of drug-likeness (QED) is 0.836. The molecule has 2 N–H and O–H groups in total. The SMILES string of the molecule is Cc1coc(NC(=O)CCC2CCNCC2)n1. The van der Waals surface area contributed by atoms with E-state index in [2.05, 4.69) is 15.6 Å². The van der Waals surface area contributed by atoms with Crippen LogP contribution in [-0.2, 0) is 4.79 Å². The summed E-state index contributed by atoms with van der Waals surface area (Å²) in [5, 5.41) is 5.99. The van der Waals surface area contributed by atoms with Gasteiger partial charge >= 0.3 is 6.01 Å². The van der Waals surface area contributed by atoms with E-state index in [1.54, 1.807) is 0 Å². The van der Waals surface area contributed by atoms with Gasteiger partial charge in [0, 0.05) is 6.42 Å². The summed E-state index contributed by atoms with van der Waals surface area (Å²) in [6.07, 6.45) is 5.37. The summed E-state index contributed by atoms with van der Waals surface area (Å²) < 4.78 is 5.07. The van der Waals surface area contributed by atoms with Gasteiger partial charge < -0.3 is 9.73 Å². The van der Waals surface area contributed by atoms with Gasteiger partial charge in [-0.05, 0) is 45.2 Å². The zero-order chi connectivity index (χ0) is 12.1. The lowest BCUT2D eigenvalue weighted by Gasteiger charge is -2.21. The van der Waals surface area contributed by atoms with E-state index in [4.69, 9.17) is 4.42 Å². The third-order valence-electron chi connectivity index (χ3n) is 3.10. The monoisotopic (exact) mass is 237 g/mol. The summed E-state index contributed by atoms with van der Waals surface area (Å²) in [7, 11) is 0. The number of oxazole rings is 1. The van der Waals surface area contributed by atoms with Gasteiger partial charge in [0.05, 0.1) is 5.69 Å². The van der Waals surface area contributed by atoms with E-state index in [-0.39, 0.29) is 5.91 Å². The third-order valence-corrected chi connectivity index (χ3v) is 3.10. The molecule has 0 aromatic carbocycles. The fourth-order valence-corrected chi connectivity index (χ4v) is 2.10. The highest BCUT2D eigenvalue weighted by molar-refractivity contribution is 5.88. The molecule has 0 bridgehead atoms. The molecule has 94 valence electrons. The van der Waals surface area contributed by atoms with E-state index in [0.717, 1.165) is 25.2 Å². The molecule has 1 fully saturated rings. The first-order valence-electron chi connectivity index (χ1n) is 6.17. The molecule has 0 saturated carbocycles. The van der Waals surface area contributed by atoms with Crippen LogP contribution < -0.4 is 10.6 Å². The lowest BCUT2D eigenvalue weighted by atomic mass is 9.93. The van der Waals surface area contributed by atoms with Gasteiger partial charge in [0.25, 0.3) is 0 Å². The van der Waals surface area contributed by atoms with Gasteiger partial charge in [0.2, 0.25) is 5.91 Å². The number of piperidine rings is 1. The summed E-state index contributed by atoms with van der Waals surface area (Å²) in [5.41, 5.74) is 0.777. The normalized spacial score (nSPS) is 17.0. The maximum absolute atomic E-state index is 11.6. The van der Waals surface area contributed by atoms with Crippen LogP contribution in [0.4, 0.5) is 6.01 Å². The zero-order valence-electron chi connectivity index (χ0n) is 10.2. The van der Waals surface area contributed by atoms with Crippen molar-refractivity contribution < 1.29 is 9.21 Å². The van der Waals surface area contributed by atoms with Crippen molar-refractivity contribution in [3.8, 4) is 0 Å². The predicted molar refractivity (Wildman–Crippen MR) is 64.7 cm³/mol. The van der Waals surface area contributed by atoms with Crippen LogP contribution in [0.25, 0.3) is 0 Å². The average molecular weight is 237 g/mol. The summed E-state index contributed by atoms with van der Waals surface area (Å²) in [5.74, 6) is 0.665. The number of aryl methyl sites for hydroxylation is 1. The highest BCUT2D eigenvalue weighted by atomic mass is 16.4. The topological polar surface area (TPSA) is 67.2 Å². The van der Waals surface area contributed by atoms with E-state index in [1.165, 1.54) is 19.1 Å². The second-order valence-electron chi connectivity index (χ2n) is 4.57. The minimum Gasteiger partial charge on any atom is -0.432 e. The van der Waals surface area contributed by atoms with Crippen LogP contribution in [0, 0.1) is 12.8 Å². The van der Waals surface area contributed by atoms with Crippen LogP contribution in [-0.4, -0.2) is 24.0 Å². The molecule has 5 nitrogen and oxygen atoms in total. The molecular weight excluding hydrogens is 218 g/mol. The van der Waals surface area contributed by atoms with Crippen molar-refractivity contribution in [2.24, 2.45) is 5.92 Å². The number of nitrogens with zero attached hydrogens (tertiary/aromatic N) is 1. The highest BCUT2D eigenvalue weighted by Crippen LogP contribution is 2.18. The van der Waals surface area contributed by atoms with Gasteiger partial charge in [-0.1, -0.05) is 0 Å². The lowest BCUT2D eigenvalue weighted by Crippen LogP contribution is -2.28. The molecule has 1 aromatic heterocycles. The number of carbonyl (C=O) groups is 1. The highest BCUT2D eigenvalue weighted by Gasteiger charge is 2.15. The molecule has 5 heteroatoms. The molecule has 1 saturated heterocycles. The van der Waals surface area contributed by atoms with E-state index in [0.29, 0.717) is 18.4 Å². The maximum atomic E-state index is 11.6. The number of hydrogen-bond acceptors (Lipinski definition) is 4. The Labute approximate surface area is 101 Å². The van der Waals surface area contributed by atoms with Crippen molar-refractivity contribution in [2.45, 2.75) is 32.6 Å². The van der Waals surface area contributed by atoms with Gasteiger partial charge in [-0.3, -0.25) is 10.1 Å². The Balaban J connectivity index is 1.70. The lowest BCUT2D eigenvalue weighted by molar-refractivity contribution is -0.116. The molecule has 1 aliphatic heterocycles. The van der Waals surface area contributed by atoms with Crippen LogP contribution in [0.5, 0.6) is 0 Å². The number of anilines is 1. The predicted octanol–water partition coefficient (Wildman–Crippen LogP) is 1.70. The van der Waals surface area contributed by atoms with Crippen LogP contribution in [0.1, 0.15) is 31.4 Å². The van der Waals surface area contributed by atoms with Crippen molar-refractivity contribution >= 4 is 11.9 Å². The van der Waals surface area contributed by atoms with Crippen LogP contribution in [0.15, 0.2) is 10.7 Å². The van der Waals surface area contributed by atoms with E-state index < -0.39 is 0 Å². The fourth-order valence-electron chi connectivity index (χ4n) is 2.10. The minimum absolute atomic E-state index is 0.00890. The van der Waals surface area contributed by atoms with Crippen molar-refractivity contribution in [2.75, 3.05) is 18.4 Å². The summed E-state index contributed by atoms with van der Waals surface area (Å²) in [6, 6.07) is 0.304. The Kier molecular flexibility index (Phi) is 4.14. The molecule has 2 rings (SSSR count). The fraction of sp³-hybridized carbons (Fsp3) is 0.667. The molecule has 2 heterocycles. The largest absolute Gasteiger partial charge is 0.432 e. The number of aromatic nitrogens is 1. The first-order chi connectivity index (χ1) is 8.24. The number of amides is 1. The Morgan fingerprint density at radius 1 is 1.59 bits per heavy atom. The van der Waals surface area contributed by atoms with Crippen molar-refractivity contribution in [1.82, 2.24) is 10.3 Å². The van der Waals surface area contributed by atoms with Crippen molar-refractivity contribution in [1.29, 1.82) is 0 Å². The number of hydrogen-bond donors (Lipinski definition) is 2. The number of nitrogens with one attached hydrogen (secondary N) is 2. The van der Waals surface area contributed by atoms with Crippen LogP contribution in [0.3, 0.4) is 0 Å². The van der Waals surface area contributed by atoms with Crippen molar-refractivity contribution in [3.63, 3.8) is 0 Å². The standard InChI is InChI=1S/C12H19N3O2/c1-9-8-17-12(14-9)15-11(16)3-2-10-4-6-13-7-5-10/h8,10,13H,2-7H2,1H3,(H,14,15,16). The Bertz CT molecular complexity index is 370. The molecule has 17 heavy (non-hydrogen) atoms. The number of carbonyl (C=O) groups excluding carboxylic acids is 1. The summed E-state index contributed by atoms with van der Waals surface area (Å²) in [6.45, 7) is 3.98. The average Bonchev–Trinajstić information content (AvgIpc) is 2.73. The van der Waals surface area contributed by atoms with Gasteiger partial charge in [0.15, 0.2) is 0 Å². The first-order valence-corrected chi connectivity index (χ1v) is 6.17. The van der Waals surface area contributed by atoms with Gasteiger partial charge in [-0.15, -0.1) is 0 Å². The van der Waals surface area contributed by atoms with Gasteiger partial charge in [-0.2, -0.15) is 4.98 Å². The maximum Gasteiger partial charge on any atom is 0.301 e. The van der Waals surface area contributed by atoms with Gasteiger partial charge in [-0.25, -0.2) is 0 Å². The molecule has 0 aliphatic carbocycles. The third kappa shape index (κ3) is 3.85. The number of rotatable bonds is 4. The molecular formula is C12H19N3O2. The smallest absolute Gasteiger partial charge is 0.301 e. The molecule has 0 spiro atoms. The summed E-state index contributed by atoms with van der Waals surface area (Å²) >= 11 is 0. The zero-order valence-corrected chi connectivity index (χ0v) is 10.2. The van der Waals surface area contributed by atoms with E-state index in [9.17, 15) is 4.79 Å². The van der Waals surface area contributed by atoms with Crippen LogP contribution in [0.2, 0.25) is 0 Å². The second-order valence-corrected chi connectivity index (χ2v) is 4.57. The van der Waals surface area contributed by atoms with Crippen molar-refractivity contribution in [3.05, 3.63) is 12.0 Å². The summed E-state index contributed by atoms with van der Waals surface area (Å²) in [4.78, 5) is 15.7. The van der Waals surface area contributed by atoms with Crippen LogP contribution >= 0.6 is 0 Å². The first kappa shape index (κ1) is 12.1. The Hall–Kier alpha value is -1.36. The molecule has 1 aliphatic rings. The Morgan fingerprint density at radius 3 is 3.00 bits per heavy atom. The van der Waals surface area contributed by atoms with E-state index in [1.807, 2.05) is 6.92 Å². The van der Waals surface area contributed by atoms with E-state index >= 15 is 0 Å². The molecule has 1 amide bonds. The molecule has 0 radical (unpaired) electrons. The van der Waals surface area contributed by atoms with Gasteiger partial charge in [0.1, 0.15) is 6.26 Å². The molecule has 0 unspecified atom stereocenters.